The Bertz CT molecular complexity index is 785. The number of anilines is 1. The Hall–Kier alpha value is -2.82. The fourth-order valence-electron chi connectivity index (χ4n) is 3.21. The van der Waals surface area contributed by atoms with Crippen molar-refractivity contribution in [2.24, 2.45) is 0 Å². The van der Waals surface area contributed by atoms with Gasteiger partial charge in [0.1, 0.15) is 11.7 Å². The van der Waals surface area contributed by atoms with Crippen LogP contribution in [0.5, 0.6) is 5.75 Å². The van der Waals surface area contributed by atoms with Crippen LogP contribution in [0.4, 0.5) is 5.69 Å². The average molecular weight is 353 g/mol. The van der Waals surface area contributed by atoms with E-state index in [1.54, 1.807) is 11.0 Å². The number of para-hydroxylation sites is 1. The van der Waals surface area contributed by atoms with Crippen molar-refractivity contribution >= 4 is 17.6 Å². The molecule has 0 spiro atoms. The Morgan fingerprint density at radius 3 is 2.58 bits per heavy atom. The summed E-state index contributed by atoms with van der Waals surface area (Å²) in [7, 11) is 0. The lowest BCUT2D eigenvalue weighted by molar-refractivity contribution is -0.138. The fourth-order valence-corrected chi connectivity index (χ4v) is 3.21. The number of carboxylic acid groups (broad SMARTS) is 1. The molecule has 0 radical (unpaired) electrons. The number of ether oxygens (including phenoxy) is 1. The molecule has 1 atom stereocenters. The maximum Gasteiger partial charge on any atom is 0.312 e. The number of rotatable bonds is 7. The zero-order valence-electron chi connectivity index (χ0n) is 14.9. The smallest absolute Gasteiger partial charge is 0.312 e. The van der Waals surface area contributed by atoms with Crippen LogP contribution in [0, 0.1) is 0 Å². The first kappa shape index (κ1) is 18.0. The summed E-state index contributed by atoms with van der Waals surface area (Å²) in [5, 5.41) is 9.41. The molecule has 0 saturated heterocycles. The number of hydrogen-bond donors (Lipinski definition) is 1. The van der Waals surface area contributed by atoms with Crippen molar-refractivity contribution in [3.05, 3.63) is 59.7 Å². The number of carbonyl (C=O) groups is 2. The number of aliphatic carboxylic acids is 1. The molecule has 0 aromatic heterocycles. The normalized spacial score (nSPS) is 15.6. The Morgan fingerprint density at radius 2 is 1.88 bits per heavy atom. The van der Waals surface area contributed by atoms with Crippen LogP contribution in [0.25, 0.3) is 0 Å². The summed E-state index contributed by atoms with van der Waals surface area (Å²) in [5.41, 5.74) is 2.49. The molecule has 0 bridgehead atoms. The van der Waals surface area contributed by atoms with E-state index >= 15 is 0 Å². The van der Waals surface area contributed by atoms with E-state index in [2.05, 4.69) is 6.92 Å². The molecule has 1 N–H and O–H groups in total. The number of carboxylic acids is 1. The third-order valence-corrected chi connectivity index (χ3v) is 4.59. The summed E-state index contributed by atoms with van der Waals surface area (Å²) in [6.07, 6.45) is 1.92. The molecule has 5 heteroatoms. The third kappa shape index (κ3) is 3.87. The molecular formula is C21H23NO4. The van der Waals surface area contributed by atoms with Crippen LogP contribution in [0.2, 0.25) is 0 Å². The predicted molar refractivity (Wildman–Crippen MR) is 99.7 cm³/mol. The van der Waals surface area contributed by atoms with Gasteiger partial charge in [0, 0.05) is 18.7 Å². The second kappa shape index (κ2) is 8.04. The first-order chi connectivity index (χ1) is 12.6. The van der Waals surface area contributed by atoms with Crippen LogP contribution < -0.4 is 9.64 Å². The van der Waals surface area contributed by atoms with Gasteiger partial charge in [-0.25, -0.2) is 0 Å². The molecule has 2 aromatic carbocycles. The molecule has 0 saturated carbocycles. The highest BCUT2D eigenvalue weighted by Gasteiger charge is 2.35. The molecule has 0 aliphatic carbocycles. The minimum Gasteiger partial charge on any atom is -0.494 e. The Kier molecular flexibility index (Phi) is 5.56. The lowest BCUT2D eigenvalue weighted by atomic mass is 10.0. The monoisotopic (exact) mass is 353 g/mol. The van der Waals surface area contributed by atoms with Crippen LogP contribution in [0.3, 0.4) is 0 Å². The van der Waals surface area contributed by atoms with Gasteiger partial charge in [0.2, 0.25) is 5.91 Å². The van der Waals surface area contributed by atoms with Gasteiger partial charge in [-0.1, -0.05) is 37.3 Å². The SMILES string of the molecule is CCCOc1ccc(CCC(=O)N2CC(C(=O)O)c3ccccc32)cc1. The molecular weight excluding hydrogens is 330 g/mol. The van der Waals surface area contributed by atoms with Gasteiger partial charge >= 0.3 is 5.97 Å². The molecule has 1 aliphatic heterocycles. The van der Waals surface area contributed by atoms with E-state index in [1.807, 2.05) is 42.5 Å². The molecule has 26 heavy (non-hydrogen) atoms. The number of carbonyl (C=O) groups excluding carboxylic acids is 1. The zero-order valence-corrected chi connectivity index (χ0v) is 14.9. The number of hydrogen-bond acceptors (Lipinski definition) is 3. The molecule has 1 unspecified atom stereocenters. The summed E-state index contributed by atoms with van der Waals surface area (Å²) in [6.45, 7) is 2.96. The van der Waals surface area contributed by atoms with Crippen LogP contribution in [0.15, 0.2) is 48.5 Å². The van der Waals surface area contributed by atoms with Crippen LogP contribution in [0.1, 0.15) is 36.8 Å². The standard InChI is InChI=1S/C21H23NO4/c1-2-13-26-16-10-7-15(8-11-16)9-12-20(23)22-14-18(21(24)25)17-5-3-4-6-19(17)22/h3-8,10-11,18H,2,9,12-14H2,1H3,(H,24,25). The zero-order chi connectivity index (χ0) is 18.5. The Balaban J connectivity index is 1.63. The molecule has 0 fully saturated rings. The van der Waals surface area contributed by atoms with Gasteiger partial charge in [0.15, 0.2) is 0 Å². The van der Waals surface area contributed by atoms with E-state index in [9.17, 15) is 14.7 Å². The second-order valence-electron chi connectivity index (χ2n) is 6.45. The fraction of sp³-hybridized carbons (Fsp3) is 0.333. The second-order valence-corrected chi connectivity index (χ2v) is 6.45. The topological polar surface area (TPSA) is 66.8 Å². The highest BCUT2D eigenvalue weighted by Crippen LogP contribution is 2.36. The number of fused-ring (bicyclic) bond motifs is 1. The van der Waals surface area contributed by atoms with Gasteiger partial charge in [-0.15, -0.1) is 0 Å². The van der Waals surface area contributed by atoms with Crippen molar-refractivity contribution in [1.82, 2.24) is 0 Å². The molecule has 5 nitrogen and oxygen atoms in total. The summed E-state index contributed by atoms with van der Waals surface area (Å²) in [5.74, 6) is -0.757. The lowest BCUT2D eigenvalue weighted by Crippen LogP contribution is -2.31. The molecule has 3 rings (SSSR count). The van der Waals surface area contributed by atoms with Crippen molar-refractivity contribution in [3.8, 4) is 5.75 Å². The van der Waals surface area contributed by atoms with Gasteiger partial charge in [-0.05, 0) is 42.2 Å². The summed E-state index contributed by atoms with van der Waals surface area (Å²) < 4.78 is 5.56. The minimum absolute atomic E-state index is 0.0486. The summed E-state index contributed by atoms with van der Waals surface area (Å²) >= 11 is 0. The van der Waals surface area contributed by atoms with Gasteiger partial charge in [0.05, 0.1) is 6.61 Å². The van der Waals surface area contributed by atoms with Gasteiger partial charge < -0.3 is 14.7 Å². The first-order valence-electron chi connectivity index (χ1n) is 8.94. The van der Waals surface area contributed by atoms with Gasteiger partial charge in [0.25, 0.3) is 0 Å². The van der Waals surface area contributed by atoms with E-state index in [0.717, 1.165) is 17.7 Å². The molecule has 136 valence electrons. The van der Waals surface area contributed by atoms with Crippen LogP contribution in [-0.2, 0) is 16.0 Å². The third-order valence-electron chi connectivity index (χ3n) is 4.59. The summed E-state index contributed by atoms with van der Waals surface area (Å²) in [6, 6.07) is 15.0. The number of benzene rings is 2. The van der Waals surface area contributed by atoms with Crippen LogP contribution in [-0.4, -0.2) is 30.1 Å². The quantitative estimate of drug-likeness (QED) is 0.825. The summed E-state index contributed by atoms with van der Waals surface area (Å²) in [4.78, 5) is 25.7. The minimum atomic E-state index is -0.893. The van der Waals surface area contributed by atoms with E-state index in [4.69, 9.17) is 4.74 Å². The highest BCUT2D eigenvalue weighted by molar-refractivity contribution is 5.99. The average Bonchev–Trinajstić information content (AvgIpc) is 3.05. The van der Waals surface area contributed by atoms with E-state index in [0.29, 0.717) is 30.7 Å². The van der Waals surface area contributed by atoms with E-state index < -0.39 is 11.9 Å². The maximum atomic E-state index is 12.7. The van der Waals surface area contributed by atoms with Crippen molar-refractivity contribution in [1.29, 1.82) is 0 Å². The Labute approximate surface area is 153 Å². The number of amides is 1. The molecule has 1 amide bonds. The molecule has 1 aliphatic rings. The lowest BCUT2D eigenvalue weighted by Gasteiger charge is -2.17. The maximum absolute atomic E-state index is 12.7. The van der Waals surface area contributed by atoms with Crippen molar-refractivity contribution in [3.63, 3.8) is 0 Å². The van der Waals surface area contributed by atoms with Gasteiger partial charge in [-0.2, -0.15) is 0 Å². The number of nitrogens with zero attached hydrogens (tertiary/aromatic N) is 1. The van der Waals surface area contributed by atoms with Gasteiger partial charge in [-0.3, -0.25) is 9.59 Å². The first-order valence-corrected chi connectivity index (χ1v) is 8.94. The van der Waals surface area contributed by atoms with E-state index in [1.165, 1.54) is 0 Å². The molecule has 2 aromatic rings. The van der Waals surface area contributed by atoms with Crippen LogP contribution >= 0.6 is 0 Å². The highest BCUT2D eigenvalue weighted by atomic mass is 16.5. The van der Waals surface area contributed by atoms with Crippen molar-refractivity contribution in [2.45, 2.75) is 32.1 Å². The largest absolute Gasteiger partial charge is 0.494 e. The van der Waals surface area contributed by atoms with Crippen molar-refractivity contribution in [2.75, 3.05) is 18.1 Å². The molecule has 1 heterocycles. The van der Waals surface area contributed by atoms with Crippen molar-refractivity contribution < 1.29 is 19.4 Å². The predicted octanol–water partition coefficient (Wildman–Crippen LogP) is 3.62. The Morgan fingerprint density at radius 1 is 1.15 bits per heavy atom. The number of aryl methyl sites for hydroxylation is 1. The van der Waals surface area contributed by atoms with E-state index in [-0.39, 0.29) is 12.5 Å².